The quantitative estimate of drug-likeness (QED) is 0.733. The minimum Gasteiger partial charge on any atom is -0.388 e. The Morgan fingerprint density at radius 3 is 2.89 bits per heavy atom. The lowest BCUT2D eigenvalue weighted by Gasteiger charge is -2.28. The van der Waals surface area contributed by atoms with Crippen LogP contribution in [0.3, 0.4) is 0 Å². The Bertz CT molecular complexity index is 985. The molecular formula is C16H16FN5O5. The molecule has 2 aromatic heterocycles. The maximum atomic E-state index is 14.5. The van der Waals surface area contributed by atoms with E-state index in [1.165, 1.54) is 0 Å². The Morgan fingerprint density at radius 1 is 1.48 bits per heavy atom. The number of fused-ring (bicyclic) bond motifs is 2. The molecule has 0 radical (unpaired) electrons. The van der Waals surface area contributed by atoms with Crippen LogP contribution in [0.5, 0.6) is 0 Å². The molecule has 0 aliphatic carbocycles. The Hall–Kier alpha value is -2.65. The lowest BCUT2D eigenvalue weighted by molar-refractivity contribution is -0.202. The van der Waals surface area contributed by atoms with Gasteiger partial charge in [-0.3, -0.25) is 4.79 Å². The molecule has 142 valence electrons. The summed E-state index contributed by atoms with van der Waals surface area (Å²) in [6.45, 7) is 2.42. The highest BCUT2D eigenvalue weighted by Gasteiger charge is 2.66. The molecule has 0 bridgehead atoms. The Morgan fingerprint density at radius 2 is 2.22 bits per heavy atom. The SMILES string of the molecule is CC1(C)O[C@@H]2[C@@H](C(=O)CO)O[C@@](C#N)(c3cc(F)c4c(N)ncnn34)[C@@H]2O1. The van der Waals surface area contributed by atoms with Gasteiger partial charge in [0, 0.05) is 6.07 Å². The molecule has 27 heavy (non-hydrogen) atoms. The first-order valence-electron chi connectivity index (χ1n) is 8.10. The van der Waals surface area contributed by atoms with Crippen molar-refractivity contribution in [2.75, 3.05) is 12.3 Å². The van der Waals surface area contributed by atoms with Crippen molar-refractivity contribution in [1.82, 2.24) is 14.6 Å². The van der Waals surface area contributed by atoms with Crippen molar-refractivity contribution < 1.29 is 28.5 Å². The van der Waals surface area contributed by atoms with Gasteiger partial charge in [-0.1, -0.05) is 0 Å². The van der Waals surface area contributed by atoms with Gasteiger partial charge < -0.3 is 25.1 Å². The zero-order chi connectivity index (χ0) is 19.6. The number of nitrogen functional groups attached to an aromatic ring is 1. The highest BCUT2D eigenvalue weighted by atomic mass is 19.1. The van der Waals surface area contributed by atoms with Gasteiger partial charge in [0.15, 0.2) is 23.2 Å². The van der Waals surface area contributed by atoms with Gasteiger partial charge in [-0.15, -0.1) is 0 Å². The molecule has 0 aromatic carbocycles. The summed E-state index contributed by atoms with van der Waals surface area (Å²) in [6, 6.07) is 3.03. The number of carbonyl (C=O) groups excluding carboxylic acids is 1. The monoisotopic (exact) mass is 377 g/mol. The fraction of sp³-hybridized carbons (Fsp3) is 0.500. The highest BCUT2D eigenvalue weighted by Crippen LogP contribution is 2.49. The van der Waals surface area contributed by atoms with E-state index in [1.807, 2.05) is 6.07 Å². The minimum absolute atomic E-state index is 0.0175. The van der Waals surface area contributed by atoms with Crippen molar-refractivity contribution in [1.29, 1.82) is 5.26 Å². The number of carbonyl (C=O) groups is 1. The van der Waals surface area contributed by atoms with Crippen LogP contribution < -0.4 is 5.73 Å². The van der Waals surface area contributed by atoms with Gasteiger partial charge in [0.25, 0.3) is 0 Å². The lowest BCUT2D eigenvalue weighted by atomic mass is 9.92. The summed E-state index contributed by atoms with van der Waals surface area (Å²) in [5.41, 5.74) is 3.66. The summed E-state index contributed by atoms with van der Waals surface area (Å²) in [4.78, 5) is 15.9. The van der Waals surface area contributed by atoms with Gasteiger partial charge in [-0.2, -0.15) is 10.4 Å². The van der Waals surface area contributed by atoms with Gasteiger partial charge in [-0.25, -0.2) is 13.9 Å². The molecule has 0 spiro atoms. The standard InChI is InChI=1S/C16H16FN5O5/c1-15(2)25-12-11(8(24)4-23)26-16(5-18,13(12)27-15)9-3-7(17)10-14(19)20-6-21-22(9)10/h3,6,11-13,23H,4H2,1-2H3,(H2,19,20,21)/t11-,12-,13-,16+/m1/s1. The number of Topliss-reactive ketones (excluding diaryl/α,β-unsaturated/α-hetero) is 1. The number of aromatic nitrogens is 3. The second-order valence-corrected chi connectivity index (χ2v) is 6.81. The van der Waals surface area contributed by atoms with Crippen molar-refractivity contribution in [3.63, 3.8) is 0 Å². The Labute approximate surface area is 152 Å². The van der Waals surface area contributed by atoms with E-state index in [1.54, 1.807) is 13.8 Å². The Balaban J connectivity index is 1.94. The first-order chi connectivity index (χ1) is 12.7. The summed E-state index contributed by atoms with van der Waals surface area (Å²) in [6.07, 6.45) is -2.19. The Kier molecular flexibility index (Phi) is 3.73. The largest absolute Gasteiger partial charge is 0.388 e. The van der Waals surface area contributed by atoms with Crippen molar-refractivity contribution in [3.8, 4) is 6.07 Å². The highest BCUT2D eigenvalue weighted by molar-refractivity contribution is 5.85. The number of nitrogens with zero attached hydrogens (tertiary/aromatic N) is 4. The molecule has 2 aliphatic heterocycles. The molecule has 2 fully saturated rings. The van der Waals surface area contributed by atoms with Gasteiger partial charge in [0.1, 0.15) is 42.8 Å². The van der Waals surface area contributed by atoms with Gasteiger partial charge in [0.2, 0.25) is 5.60 Å². The number of hydrogen-bond acceptors (Lipinski definition) is 9. The number of nitrogens with two attached hydrogens (primary N) is 1. The van der Waals surface area contributed by atoms with Gasteiger partial charge >= 0.3 is 0 Å². The molecule has 10 nitrogen and oxygen atoms in total. The van der Waals surface area contributed by atoms with Crippen LogP contribution in [0.25, 0.3) is 5.52 Å². The van der Waals surface area contributed by atoms with Crippen LogP contribution in [0.2, 0.25) is 0 Å². The second kappa shape index (κ2) is 5.67. The fourth-order valence-corrected chi connectivity index (χ4v) is 3.64. The number of rotatable bonds is 3. The zero-order valence-electron chi connectivity index (χ0n) is 14.4. The molecule has 4 heterocycles. The van der Waals surface area contributed by atoms with Crippen LogP contribution >= 0.6 is 0 Å². The zero-order valence-corrected chi connectivity index (χ0v) is 14.4. The van der Waals surface area contributed by atoms with E-state index in [0.29, 0.717) is 0 Å². The average molecular weight is 377 g/mol. The number of aliphatic hydroxyl groups excluding tert-OH is 1. The molecule has 3 N–H and O–H groups in total. The first kappa shape index (κ1) is 17.7. The van der Waals surface area contributed by atoms with Crippen LogP contribution in [0.15, 0.2) is 12.4 Å². The molecule has 0 saturated carbocycles. The van der Waals surface area contributed by atoms with Crippen LogP contribution in [-0.4, -0.2) is 56.2 Å². The van der Waals surface area contributed by atoms with E-state index in [4.69, 9.17) is 19.9 Å². The third-order valence-electron chi connectivity index (χ3n) is 4.70. The van der Waals surface area contributed by atoms with E-state index < -0.39 is 47.9 Å². The average Bonchev–Trinajstić information content (AvgIpc) is 3.23. The number of nitriles is 1. The number of ether oxygens (including phenoxy) is 3. The third-order valence-corrected chi connectivity index (χ3v) is 4.70. The number of aliphatic hydroxyl groups is 1. The summed E-state index contributed by atoms with van der Waals surface area (Å²) in [5.74, 6) is -2.68. The maximum Gasteiger partial charge on any atom is 0.226 e. The molecule has 11 heteroatoms. The van der Waals surface area contributed by atoms with Crippen molar-refractivity contribution in [2.24, 2.45) is 0 Å². The molecule has 0 amide bonds. The van der Waals surface area contributed by atoms with Crippen LogP contribution in [0, 0.1) is 17.1 Å². The van der Waals surface area contributed by atoms with Gasteiger partial charge in [0.05, 0.1) is 5.69 Å². The summed E-state index contributed by atoms with van der Waals surface area (Å²) >= 11 is 0. The molecule has 2 saturated heterocycles. The van der Waals surface area contributed by atoms with E-state index in [9.17, 15) is 19.6 Å². The summed E-state index contributed by atoms with van der Waals surface area (Å²) < 4.78 is 32.9. The minimum atomic E-state index is -1.91. The van der Waals surface area contributed by atoms with E-state index in [2.05, 4.69) is 10.1 Å². The molecule has 4 rings (SSSR count). The number of anilines is 1. The van der Waals surface area contributed by atoms with E-state index in [-0.39, 0.29) is 17.0 Å². The second-order valence-electron chi connectivity index (χ2n) is 6.81. The predicted molar refractivity (Wildman–Crippen MR) is 85.4 cm³/mol. The van der Waals surface area contributed by atoms with Crippen molar-refractivity contribution in [2.45, 2.75) is 43.5 Å². The molecule has 2 aromatic rings. The van der Waals surface area contributed by atoms with Crippen LogP contribution in [-0.2, 0) is 24.6 Å². The molecule has 2 aliphatic rings. The number of halogens is 1. The van der Waals surface area contributed by atoms with E-state index in [0.717, 1.165) is 16.9 Å². The molecule has 4 atom stereocenters. The maximum absolute atomic E-state index is 14.5. The summed E-state index contributed by atoms with van der Waals surface area (Å²) in [7, 11) is 0. The van der Waals surface area contributed by atoms with Crippen molar-refractivity contribution in [3.05, 3.63) is 23.9 Å². The third kappa shape index (κ3) is 2.35. The predicted octanol–water partition coefficient (Wildman–Crippen LogP) is -0.350. The topological polar surface area (TPSA) is 145 Å². The smallest absolute Gasteiger partial charge is 0.226 e. The van der Waals surface area contributed by atoms with E-state index >= 15 is 0 Å². The first-order valence-corrected chi connectivity index (χ1v) is 8.10. The molecule has 0 unspecified atom stereocenters. The normalized spacial score (nSPS) is 31.7. The fourth-order valence-electron chi connectivity index (χ4n) is 3.64. The van der Waals surface area contributed by atoms with Crippen LogP contribution in [0.4, 0.5) is 10.2 Å². The number of ketones is 1. The van der Waals surface area contributed by atoms with Crippen molar-refractivity contribution >= 4 is 17.1 Å². The lowest BCUT2D eigenvalue weighted by Crippen LogP contribution is -2.40. The van der Waals surface area contributed by atoms with Crippen LogP contribution in [0.1, 0.15) is 19.5 Å². The molecular weight excluding hydrogens is 361 g/mol. The number of hydrogen-bond donors (Lipinski definition) is 2. The summed E-state index contributed by atoms with van der Waals surface area (Å²) in [5, 5.41) is 23.2. The van der Waals surface area contributed by atoms with Gasteiger partial charge in [-0.05, 0) is 13.8 Å².